The molecule has 1 amide bonds. The van der Waals surface area contributed by atoms with Crippen molar-refractivity contribution in [2.24, 2.45) is 29.6 Å². The highest BCUT2D eigenvalue weighted by Crippen LogP contribution is 2.44. The van der Waals surface area contributed by atoms with Gasteiger partial charge < -0.3 is 42.5 Å². The molecule has 2 saturated heterocycles. The van der Waals surface area contributed by atoms with Gasteiger partial charge in [-0.1, -0.05) is 86.1 Å². The SMILES string of the molecule is C=CC[C@@H]1/C=C(\C)C[C@H](C)C[C@H](OC)[C@H]2O[C@@](O)(C(=O)C(=O)N3CCCC[C@H]3C(=O)O[C@H](/C(C)=C/[C@@H]3CC[C@@H](O[Si](C)(C)C(C)(C)C)[C@@H](OC)C3)[C@H](C)[C@@H](O[Si](C)(C)C(C)(C)C)CC1=O)[C@H](C)C[C@H]2OC. The summed E-state index contributed by atoms with van der Waals surface area (Å²) in [6.07, 6.45) is 7.96. The van der Waals surface area contributed by atoms with Gasteiger partial charge in [-0.3, -0.25) is 14.4 Å². The highest BCUT2D eigenvalue weighted by atomic mass is 28.4. The lowest BCUT2D eigenvalue weighted by molar-refractivity contribution is -0.302. The Bertz CT molecular complexity index is 1900. The second-order valence-corrected chi connectivity index (χ2v) is 34.5. The van der Waals surface area contributed by atoms with E-state index in [9.17, 15) is 19.5 Å². The molecule has 406 valence electrons. The van der Waals surface area contributed by atoms with E-state index in [-0.39, 0.29) is 65.7 Å². The van der Waals surface area contributed by atoms with E-state index in [0.29, 0.717) is 38.5 Å². The number of esters is 1. The van der Waals surface area contributed by atoms with Crippen LogP contribution in [0.4, 0.5) is 0 Å². The number of nitrogens with zero attached hydrogens (tertiary/aromatic N) is 1. The van der Waals surface area contributed by atoms with E-state index in [1.54, 1.807) is 34.3 Å². The highest BCUT2D eigenvalue weighted by Gasteiger charge is 2.57. The van der Waals surface area contributed by atoms with Gasteiger partial charge in [-0.25, -0.2) is 4.79 Å². The molecule has 0 spiro atoms. The van der Waals surface area contributed by atoms with Crippen LogP contribution in [0.25, 0.3) is 0 Å². The average molecular weight is 1030 g/mol. The van der Waals surface area contributed by atoms with Crippen LogP contribution in [-0.2, 0) is 51.7 Å². The second-order valence-electron chi connectivity index (χ2n) is 25.0. The molecular formula is C56H97NO12Si2. The van der Waals surface area contributed by atoms with Crippen LogP contribution in [0, 0.1) is 29.6 Å². The van der Waals surface area contributed by atoms with E-state index in [1.807, 2.05) is 20.8 Å². The molecule has 3 heterocycles. The predicted octanol–water partition coefficient (Wildman–Crippen LogP) is 10.7. The smallest absolute Gasteiger partial charge is 0.329 e. The van der Waals surface area contributed by atoms with Crippen molar-refractivity contribution in [2.75, 3.05) is 27.9 Å². The van der Waals surface area contributed by atoms with Gasteiger partial charge in [-0.05, 0) is 132 Å². The molecule has 0 radical (unpaired) electrons. The fraction of sp³-hybridized carbons (Fsp3) is 0.821. The topological polar surface area (TPSA) is 156 Å². The number of ketones is 2. The summed E-state index contributed by atoms with van der Waals surface area (Å²) in [7, 11) is 0.207. The Morgan fingerprint density at radius 2 is 1.39 bits per heavy atom. The summed E-state index contributed by atoms with van der Waals surface area (Å²) < 4.78 is 45.4. The molecule has 14 atom stereocenters. The minimum atomic E-state index is -2.56. The molecule has 1 N–H and O–H groups in total. The molecule has 13 nitrogen and oxygen atoms in total. The first kappa shape index (κ1) is 61.2. The summed E-state index contributed by atoms with van der Waals surface area (Å²) in [4.78, 5) is 60.4. The number of carbonyl (C=O) groups excluding carboxylic acids is 4. The van der Waals surface area contributed by atoms with Gasteiger partial charge in [0.1, 0.15) is 24.0 Å². The van der Waals surface area contributed by atoms with Gasteiger partial charge in [-0.15, -0.1) is 6.58 Å². The standard InChI is InChI=1S/C56H97NO12Si2/c1-20-23-41-29-35(2)28-36(3)30-47(64-14)50-48(65-15)32-38(5)56(62,67-50)51(59)52(60)57-27-22-21-24-42(57)53(61)66-49(39(6)45(34-43(41)58)69-71(18,19)55(10,11)12)37(4)31-40-25-26-44(46(33-40)63-13)68-70(16,17)54(7,8)9/h20,29,31,36,38-42,44-50,62H,1,21-28,30,32-34H2,2-19H3/b35-29+,37-31+/t36-,38+,39+,40-,41+,42-,44+,45-,46-,47-,48+,49+,50+,56+/m0/s1. The number of cyclic esters (lactones) is 1. The van der Waals surface area contributed by atoms with Crippen molar-refractivity contribution in [3.63, 3.8) is 0 Å². The lowest BCUT2D eigenvalue weighted by atomic mass is 9.81. The molecule has 1 saturated carbocycles. The Morgan fingerprint density at radius 3 is 1.96 bits per heavy atom. The molecule has 4 aliphatic rings. The molecule has 15 heteroatoms. The van der Waals surface area contributed by atoms with Gasteiger partial charge >= 0.3 is 5.97 Å². The van der Waals surface area contributed by atoms with Gasteiger partial charge in [0.05, 0.1) is 30.5 Å². The molecular weight excluding hydrogens is 935 g/mol. The number of hydrogen-bond donors (Lipinski definition) is 1. The van der Waals surface area contributed by atoms with E-state index in [0.717, 1.165) is 24.0 Å². The molecule has 3 fully saturated rings. The van der Waals surface area contributed by atoms with Gasteiger partial charge in [0.2, 0.25) is 5.79 Å². The lowest BCUT2D eigenvalue weighted by Gasteiger charge is -2.47. The first-order valence-corrected chi connectivity index (χ1v) is 32.6. The summed E-state index contributed by atoms with van der Waals surface area (Å²) in [5.74, 6) is -6.99. The van der Waals surface area contributed by atoms with Crippen molar-refractivity contribution in [3.05, 3.63) is 36.0 Å². The van der Waals surface area contributed by atoms with Crippen molar-refractivity contribution in [1.29, 1.82) is 0 Å². The van der Waals surface area contributed by atoms with Crippen molar-refractivity contribution < 1.29 is 56.8 Å². The average Bonchev–Trinajstić information content (AvgIpc) is 3.28. The van der Waals surface area contributed by atoms with Crippen LogP contribution < -0.4 is 0 Å². The van der Waals surface area contributed by atoms with Crippen LogP contribution in [0.15, 0.2) is 36.0 Å². The van der Waals surface area contributed by atoms with E-state index < -0.39 is 94.4 Å². The Morgan fingerprint density at radius 1 is 0.817 bits per heavy atom. The highest BCUT2D eigenvalue weighted by molar-refractivity contribution is 6.74. The predicted molar refractivity (Wildman–Crippen MR) is 285 cm³/mol. The fourth-order valence-electron chi connectivity index (χ4n) is 10.8. The quantitative estimate of drug-likeness (QED) is 0.0906. The first-order chi connectivity index (χ1) is 32.9. The maximum atomic E-state index is 15.0. The molecule has 71 heavy (non-hydrogen) atoms. The third-order valence-corrected chi connectivity index (χ3v) is 26.3. The van der Waals surface area contributed by atoms with Gasteiger partial charge in [0.25, 0.3) is 11.7 Å². The number of carbonyl (C=O) groups is 4. The largest absolute Gasteiger partial charge is 0.456 e. The third kappa shape index (κ3) is 15.0. The number of allylic oxidation sites excluding steroid dienone is 4. The van der Waals surface area contributed by atoms with Crippen molar-refractivity contribution in [1.82, 2.24) is 4.90 Å². The fourth-order valence-corrected chi connectivity index (χ4v) is 13.6. The minimum absolute atomic E-state index is 0.0114. The number of aliphatic hydroxyl groups is 1. The monoisotopic (exact) mass is 1030 g/mol. The van der Waals surface area contributed by atoms with Crippen LogP contribution >= 0.6 is 0 Å². The Labute approximate surface area is 431 Å². The van der Waals surface area contributed by atoms with Crippen LogP contribution in [0.1, 0.15) is 147 Å². The molecule has 1 aliphatic carbocycles. The van der Waals surface area contributed by atoms with E-state index in [1.165, 1.54) is 4.90 Å². The number of methoxy groups -OCH3 is 3. The molecule has 0 aromatic heterocycles. The maximum Gasteiger partial charge on any atom is 0.329 e. The van der Waals surface area contributed by atoms with Gasteiger partial charge in [-0.2, -0.15) is 0 Å². The molecule has 4 rings (SSSR count). The zero-order chi connectivity index (χ0) is 53.6. The van der Waals surface area contributed by atoms with Gasteiger partial charge in [0, 0.05) is 52.0 Å². The summed E-state index contributed by atoms with van der Waals surface area (Å²) in [6, 6.07) is -1.11. The number of Topliss-reactive ketones (excluding diaryl/α,β-unsaturated/α-hetero) is 2. The zero-order valence-electron chi connectivity index (χ0n) is 47.3. The van der Waals surface area contributed by atoms with Crippen LogP contribution in [0.2, 0.25) is 36.3 Å². The molecule has 0 aromatic carbocycles. The summed E-state index contributed by atoms with van der Waals surface area (Å²) in [5.41, 5.74) is 1.83. The van der Waals surface area contributed by atoms with Crippen LogP contribution in [-0.4, -0.2) is 133 Å². The number of fused-ring (bicyclic) bond motifs is 3. The number of rotatable bonds is 11. The van der Waals surface area contributed by atoms with Crippen molar-refractivity contribution in [3.8, 4) is 0 Å². The third-order valence-electron chi connectivity index (χ3n) is 17.3. The molecule has 0 aromatic rings. The zero-order valence-corrected chi connectivity index (χ0v) is 49.3. The van der Waals surface area contributed by atoms with E-state index >= 15 is 4.79 Å². The number of hydrogen-bond acceptors (Lipinski definition) is 12. The first-order valence-electron chi connectivity index (χ1n) is 26.7. The normalized spacial score (nSPS) is 36.3. The van der Waals surface area contributed by atoms with Crippen molar-refractivity contribution >= 4 is 40.1 Å². The van der Waals surface area contributed by atoms with E-state index in [2.05, 4.69) is 93.4 Å². The number of amides is 1. The summed E-state index contributed by atoms with van der Waals surface area (Å²) in [5, 5.41) is 12.1. The molecule has 2 bridgehead atoms. The summed E-state index contributed by atoms with van der Waals surface area (Å²) in [6.45, 7) is 36.1. The Kier molecular flexibility index (Phi) is 21.5. The summed E-state index contributed by atoms with van der Waals surface area (Å²) >= 11 is 0. The second kappa shape index (κ2) is 25.0. The van der Waals surface area contributed by atoms with Crippen LogP contribution in [0.3, 0.4) is 0 Å². The molecule has 0 unspecified atom stereocenters. The van der Waals surface area contributed by atoms with Crippen LogP contribution in [0.5, 0.6) is 0 Å². The maximum absolute atomic E-state index is 15.0. The number of piperidine rings is 1. The Balaban J connectivity index is 1.89. The Hall–Kier alpha value is -2.35. The van der Waals surface area contributed by atoms with Gasteiger partial charge in [0.15, 0.2) is 16.6 Å². The lowest BCUT2D eigenvalue weighted by Crippen LogP contribution is -2.64. The van der Waals surface area contributed by atoms with Crippen molar-refractivity contribution in [2.45, 2.75) is 238 Å². The van der Waals surface area contributed by atoms with E-state index in [4.69, 9.17) is 32.5 Å². The molecule has 3 aliphatic heterocycles. The minimum Gasteiger partial charge on any atom is -0.456 e. The number of ether oxygens (including phenoxy) is 5.